The average Bonchev–Trinajstić information content (AvgIpc) is 3.27. The molecule has 2 aromatic carbocycles. The summed E-state index contributed by atoms with van der Waals surface area (Å²) in [5, 5.41) is 19.0. The van der Waals surface area contributed by atoms with E-state index < -0.39 is 0 Å². The molecule has 1 saturated heterocycles. The lowest BCUT2D eigenvalue weighted by molar-refractivity contribution is -0.384. The van der Waals surface area contributed by atoms with Crippen LogP contribution in [0.4, 0.5) is 17.2 Å². The van der Waals surface area contributed by atoms with Crippen LogP contribution < -0.4 is 25.0 Å². The molecule has 0 unspecified atom stereocenters. The minimum Gasteiger partial charge on any atom is -0.454 e. The number of aromatic nitrogens is 2. The number of anilines is 2. The first-order valence-electron chi connectivity index (χ1n) is 10.2. The van der Waals surface area contributed by atoms with Crippen LogP contribution in [0.2, 0.25) is 0 Å². The molecule has 3 aromatic rings. The number of piperazine rings is 1. The van der Waals surface area contributed by atoms with Gasteiger partial charge in [-0.25, -0.2) is 9.97 Å². The summed E-state index contributed by atoms with van der Waals surface area (Å²) in [6, 6.07) is 9.24. The molecule has 2 aliphatic heterocycles. The van der Waals surface area contributed by atoms with Crippen molar-refractivity contribution in [1.82, 2.24) is 15.3 Å². The van der Waals surface area contributed by atoms with Gasteiger partial charge in [-0.15, -0.1) is 0 Å². The number of hydrogen-bond donors (Lipinski definition) is 2. The summed E-state index contributed by atoms with van der Waals surface area (Å²) in [7, 11) is 0. The van der Waals surface area contributed by atoms with Crippen LogP contribution in [0.15, 0.2) is 36.7 Å². The zero-order valence-corrected chi connectivity index (χ0v) is 16.8. The van der Waals surface area contributed by atoms with Crippen molar-refractivity contribution in [1.29, 1.82) is 0 Å². The molecular weight excluding hydrogens is 400 g/mol. The standard InChI is InChI=1S/C21H22N6O4/c28-27(29)18-10-15-16(11-17(18)26-7-5-22-6-8-26)24-12-25-21(15)23-4-3-14-1-2-19-20(9-14)31-13-30-19/h1-2,9-12,22H,3-8,13H2,(H,23,24,25). The molecule has 0 atom stereocenters. The van der Waals surface area contributed by atoms with Gasteiger partial charge in [-0.05, 0) is 30.2 Å². The largest absolute Gasteiger partial charge is 0.454 e. The third kappa shape index (κ3) is 3.89. The van der Waals surface area contributed by atoms with Gasteiger partial charge >= 0.3 is 0 Å². The van der Waals surface area contributed by atoms with E-state index >= 15 is 0 Å². The van der Waals surface area contributed by atoms with Crippen molar-refractivity contribution < 1.29 is 14.4 Å². The number of fused-ring (bicyclic) bond motifs is 2. The highest BCUT2D eigenvalue weighted by molar-refractivity contribution is 5.94. The van der Waals surface area contributed by atoms with Crippen molar-refractivity contribution in [3.8, 4) is 11.5 Å². The normalized spacial score (nSPS) is 15.3. The third-order valence-corrected chi connectivity index (χ3v) is 5.53. The molecule has 31 heavy (non-hydrogen) atoms. The maximum Gasteiger partial charge on any atom is 0.293 e. The lowest BCUT2D eigenvalue weighted by Crippen LogP contribution is -2.43. The molecule has 1 fully saturated rings. The number of rotatable bonds is 6. The van der Waals surface area contributed by atoms with Crippen LogP contribution >= 0.6 is 0 Å². The lowest BCUT2D eigenvalue weighted by Gasteiger charge is -2.29. The van der Waals surface area contributed by atoms with E-state index in [1.165, 1.54) is 6.33 Å². The molecule has 10 heteroatoms. The summed E-state index contributed by atoms with van der Waals surface area (Å²) in [5.74, 6) is 2.09. The van der Waals surface area contributed by atoms with Crippen LogP contribution in [0.25, 0.3) is 10.9 Å². The minimum absolute atomic E-state index is 0.0722. The first-order chi connectivity index (χ1) is 15.2. The molecule has 0 bridgehead atoms. The zero-order valence-electron chi connectivity index (χ0n) is 16.8. The summed E-state index contributed by atoms with van der Waals surface area (Å²) in [6.07, 6.45) is 2.22. The van der Waals surface area contributed by atoms with Crippen LogP contribution in [-0.4, -0.2) is 54.4 Å². The Bertz CT molecular complexity index is 1130. The molecule has 160 valence electrons. The summed E-state index contributed by atoms with van der Waals surface area (Å²) >= 11 is 0. The molecule has 1 aromatic heterocycles. The quantitative estimate of drug-likeness (QED) is 0.456. The Labute approximate surface area is 178 Å². The fourth-order valence-electron chi connectivity index (χ4n) is 3.95. The first-order valence-corrected chi connectivity index (χ1v) is 10.2. The van der Waals surface area contributed by atoms with Crippen molar-refractivity contribution in [2.75, 3.05) is 49.7 Å². The Kier molecular flexibility index (Phi) is 5.13. The monoisotopic (exact) mass is 422 g/mol. The molecule has 5 rings (SSSR count). The Hall–Kier alpha value is -3.66. The average molecular weight is 422 g/mol. The molecule has 0 saturated carbocycles. The molecule has 2 N–H and O–H groups in total. The van der Waals surface area contributed by atoms with E-state index in [9.17, 15) is 10.1 Å². The van der Waals surface area contributed by atoms with Gasteiger partial charge in [0.1, 0.15) is 17.8 Å². The van der Waals surface area contributed by atoms with Gasteiger partial charge in [-0.1, -0.05) is 6.07 Å². The number of nitrogens with one attached hydrogen (secondary N) is 2. The van der Waals surface area contributed by atoms with E-state index in [-0.39, 0.29) is 17.4 Å². The zero-order chi connectivity index (χ0) is 21.2. The van der Waals surface area contributed by atoms with E-state index in [1.54, 1.807) is 12.1 Å². The SMILES string of the molecule is O=[N+]([O-])c1cc2c(NCCc3ccc4c(c3)OCO4)ncnc2cc1N1CCNCC1. The molecule has 0 radical (unpaired) electrons. The van der Waals surface area contributed by atoms with Gasteiger partial charge in [0, 0.05) is 44.2 Å². The van der Waals surface area contributed by atoms with Crippen molar-refractivity contribution in [3.63, 3.8) is 0 Å². The van der Waals surface area contributed by atoms with E-state index in [0.29, 0.717) is 29.0 Å². The highest BCUT2D eigenvalue weighted by atomic mass is 16.7. The van der Waals surface area contributed by atoms with Gasteiger partial charge in [0.15, 0.2) is 11.5 Å². The van der Waals surface area contributed by atoms with Crippen molar-refractivity contribution >= 4 is 28.1 Å². The second-order valence-electron chi connectivity index (χ2n) is 7.44. The molecule has 0 spiro atoms. The summed E-state index contributed by atoms with van der Waals surface area (Å²) in [4.78, 5) is 22.2. The number of ether oxygens (including phenoxy) is 2. The number of nitro groups is 1. The topological polar surface area (TPSA) is 115 Å². The van der Waals surface area contributed by atoms with Gasteiger partial charge in [0.25, 0.3) is 5.69 Å². The van der Waals surface area contributed by atoms with E-state index in [0.717, 1.165) is 49.7 Å². The van der Waals surface area contributed by atoms with Crippen molar-refractivity contribution in [3.05, 3.63) is 52.3 Å². The lowest BCUT2D eigenvalue weighted by atomic mass is 10.1. The van der Waals surface area contributed by atoms with Gasteiger partial charge in [0.2, 0.25) is 6.79 Å². The number of benzene rings is 2. The van der Waals surface area contributed by atoms with E-state index in [4.69, 9.17) is 9.47 Å². The van der Waals surface area contributed by atoms with Crippen LogP contribution in [0.1, 0.15) is 5.56 Å². The maximum absolute atomic E-state index is 11.8. The Morgan fingerprint density at radius 3 is 2.81 bits per heavy atom. The van der Waals surface area contributed by atoms with Gasteiger partial charge in [-0.3, -0.25) is 10.1 Å². The van der Waals surface area contributed by atoms with E-state index in [1.807, 2.05) is 23.1 Å². The molecular formula is C21H22N6O4. The molecule has 10 nitrogen and oxygen atoms in total. The summed E-state index contributed by atoms with van der Waals surface area (Å²) < 4.78 is 10.8. The highest BCUT2D eigenvalue weighted by Crippen LogP contribution is 2.35. The fourth-order valence-corrected chi connectivity index (χ4v) is 3.95. The molecule has 2 aliphatic rings. The summed E-state index contributed by atoms with van der Waals surface area (Å²) in [6.45, 7) is 3.89. The molecule has 3 heterocycles. The Balaban J connectivity index is 1.38. The fraction of sp³-hybridized carbons (Fsp3) is 0.333. The van der Waals surface area contributed by atoms with Gasteiger partial charge < -0.3 is 25.0 Å². The van der Waals surface area contributed by atoms with Gasteiger partial charge in [0.05, 0.1) is 10.4 Å². The van der Waals surface area contributed by atoms with E-state index in [2.05, 4.69) is 20.6 Å². The van der Waals surface area contributed by atoms with Crippen molar-refractivity contribution in [2.24, 2.45) is 0 Å². The maximum atomic E-state index is 11.8. The molecule has 0 amide bonds. The predicted octanol–water partition coefficient (Wildman–Crippen LogP) is 2.33. The first kappa shape index (κ1) is 19.3. The van der Waals surface area contributed by atoms with Gasteiger partial charge in [-0.2, -0.15) is 0 Å². The highest BCUT2D eigenvalue weighted by Gasteiger charge is 2.23. The Morgan fingerprint density at radius 2 is 1.97 bits per heavy atom. The second-order valence-corrected chi connectivity index (χ2v) is 7.44. The predicted molar refractivity (Wildman–Crippen MR) is 116 cm³/mol. The Morgan fingerprint density at radius 1 is 1.13 bits per heavy atom. The van der Waals surface area contributed by atoms with Crippen LogP contribution in [0.3, 0.4) is 0 Å². The van der Waals surface area contributed by atoms with Crippen LogP contribution in [0, 0.1) is 10.1 Å². The van der Waals surface area contributed by atoms with Crippen LogP contribution in [-0.2, 0) is 6.42 Å². The minimum atomic E-state index is -0.333. The van der Waals surface area contributed by atoms with Crippen LogP contribution in [0.5, 0.6) is 11.5 Å². The molecule has 0 aliphatic carbocycles. The number of nitrogens with zero attached hydrogens (tertiary/aromatic N) is 4. The smallest absolute Gasteiger partial charge is 0.293 e. The number of nitro benzene ring substituents is 1. The number of hydrogen-bond acceptors (Lipinski definition) is 9. The summed E-state index contributed by atoms with van der Waals surface area (Å²) in [5.41, 5.74) is 2.45. The third-order valence-electron chi connectivity index (χ3n) is 5.53. The second kappa shape index (κ2) is 8.23. The van der Waals surface area contributed by atoms with Crippen molar-refractivity contribution in [2.45, 2.75) is 6.42 Å².